The molecule has 0 fully saturated rings. The van der Waals surface area contributed by atoms with Crippen LogP contribution in [0.4, 0.5) is 14.5 Å². The molecule has 0 unspecified atom stereocenters. The number of anilines is 1. The van der Waals surface area contributed by atoms with E-state index in [0.717, 1.165) is 40.2 Å². The van der Waals surface area contributed by atoms with Crippen LogP contribution in [-0.2, 0) is 0 Å². The van der Waals surface area contributed by atoms with Crippen molar-refractivity contribution in [3.8, 4) is 11.3 Å². The summed E-state index contributed by atoms with van der Waals surface area (Å²) >= 11 is 0. The van der Waals surface area contributed by atoms with E-state index in [1.807, 2.05) is 54.9 Å². The van der Waals surface area contributed by atoms with Crippen LogP contribution < -0.4 is 5.32 Å². The van der Waals surface area contributed by atoms with E-state index in [0.29, 0.717) is 11.8 Å². The van der Waals surface area contributed by atoms with Crippen molar-refractivity contribution >= 4 is 17.2 Å². The topological polar surface area (TPSA) is 46.4 Å². The van der Waals surface area contributed by atoms with Crippen molar-refractivity contribution in [1.29, 1.82) is 0 Å². The molecule has 0 atom stereocenters. The molecule has 4 nitrogen and oxygen atoms in total. The van der Waals surface area contributed by atoms with Crippen molar-refractivity contribution < 1.29 is 13.6 Å². The Morgan fingerprint density at radius 1 is 1.04 bits per heavy atom. The highest BCUT2D eigenvalue weighted by Gasteiger charge is 2.15. The van der Waals surface area contributed by atoms with Crippen LogP contribution in [0.25, 0.3) is 16.9 Å². The Balaban J connectivity index is 1.68. The largest absolute Gasteiger partial charge is 0.322 e. The molecule has 0 aliphatic carbocycles. The zero-order valence-electron chi connectivity index (χ0n) is 15.3. The van der Waals surface area contributed by atoms with Gasteiger partial charge in [-0.15, -0.1) is 0 Å². The van der Waals surface area contributed by atoms with Crippen LogP contribution in [0, 0.1) is 25.5 Å². The van der Waals surface area contributed by atoms with Crippen LogP contribution in [0.1, 0.15) is 21.5 Å². The number of halogens is 2. The van der Waals surface area contributed by atoms with Gasteiger partial charge in [0.05, 0.1) is 11.3 Å². The van der Waals surface area contributed by atoms with Crippen molar-refractivity contribution in [2.45, 2.75) is 13.8 Å². The summed E-state index contributed by atoms with van der Waals surface area (Å²) in [5, 5.41) is 2.71. The fraction of sp³-hybridized carbons (Fsp3) is 0.0909. The number of nitrogens with zero attached hydrogens (tertiary/aromatic N) is 2. The molecule has 28 heavy (non-hydrogen) atoms. The molecule has 2 heterocycles. The Morgan fingerprint density at radius 3 is 2.61 bits per heavy atom. The van der Waals surface area contributed by atoms with E-state index in [4.69, 9.17) is 0 Å². The van der Waals surface area contributed by atoms with Gasteiger partial charge < -0.3 is 9.72 Å². The lowest BCUT2D eigenvalue weighted by Gasteiger charge is -2.10. The van der Waals surface area contributed by atoms with E-state index >= 15 is 0 Å². The van der Waals surface area contributed by atoms with Gasteiger partial charge in [-0.3, -0.25) is 4.79 Å². The molecule has 4 aromatic rings. The molecule has 1 N–H and O–H groups in total. The van der Waals surface area contributed by atoms with Gasteiger partial charge in [0.15, 0.2) is 0 Å². The smallest absolute Gasteiger partial charge is 0.258 e. The van der Waals surface area contributed by atoms with Crippen LogP contribution >= 0.6 is 0 Å². The highest BCUT2D eigenvalue weighted by Crippen LogP contribution is 2.26. The molecular formula is C22H17F2N3O. The second kappa shape index (κ2) is 6.88. The first-order valence-electron chi connectivity index (χ1n) is 8.74. The molecule has 1 amide bonds. The highest BCUT2D eigenvalue weighted by atomic mass is 19.1. The average Bonchev–Trinajstić information content (AvgIpc) is 3.09. The summed E-state index contributed by atoms with van der Waals surface area (Å²) in [6.45, 7) is 3.83. The number of aromatic nitrogens is 2. The second-order valence-electron chi connectivity index (χ2n) is 6.66. The molecule has 0 saturated carbocycles. The molecule has 0 aliphatic heterocycles. The van der Waals surface area contributed by atoms with Crippen molar-refractivity contribution in [3.05, 3.63) is 89.2 Å². The number of carbonyl (C=O) groups excluding carboxylic acids is 1. The van der Waals surface area contributed by atoms with Gasteiger partial charge in [-0.1, -0.05) is 18.2 Å². The van der Waals surface area contributed by atoms with Crippen molar-refractivity contribution in [2.24, 2.45) is 0 Å². The molecule has 2 aromatic carbocycles. The minimum absolute atomic E-state index is 0.213. The normalized spacial score (nSPS) is 11.0. The van der Waals surface area contributed by atoms with Crippen LogP contribution in [0.15, 0.2) is 60.9 Å². The Hall–Kier alpha value is -3.54. The summed E-state index contributed by atoms with van der Waals surface area (Å²) in [4.78, 5) is 17.1. The second-order valence-corrected chi connectivity index (χ2v) is 6.66. The van der Waals surface area contributed by atoms with Crippen molar-refractivity contribution in [3.63, 3.8) is 0 Å². The van der Waals surface area contributed by atoms with E-state index in [1.165, 1.54) is 0 Å². The first kappa shape index (κ1) is 17.9. The maximum Gasteiger partial charge on any atom is 0.258 e. The van der Waals surface area contributed by atoms with Crippen LogP contribution in [0.3, 0.4) is 0 Å². The number of nitrogens with one attached hydrogen (secondary N) is 1. The lowest BCUT2D eigenvalue weighted by molar-refractivity contribution is 0.102. The summed E-state index contributed by atoms with van der Waals surface area (Å²) < 4.78 is 28.9. The standard InChI is InChI=1S/C22H17F2N3O/c1-13-5-6-15(20-12-27-9-3-4-14(2)21(27)25-20)10-19(13)26-22(28)17-8-7-16(23)11-18(17)24/h3-12H,1-2H3,(H,26,28). The first-order valence-corrected chi connectivity index (χ1v) is 8.74. The van der Waals surface area contributed by atoms with E-state index in [2.05, 4.69) is 10.3 Å². The molecule has 0 radical (unpaired) electrons. The fourth-order valence-electron chi connectivity index (χ4n) is 3.07. The maximum absolute atomic E-state index is 13.9. The number of hydrogen-bond donors (Lipinski definition) is 1. The molecule has 0 spiro atoms. The van der Waals surface area contributed by atoms with Gasteiger partial charge in [0.2, 0.25) is 0 Å². The molecule has 4 rings (SSSR count). The number of benzene rings is 2. The molecule has 0 saturated heterocycles. The van der Waals surface area contributed by atoms with Crippen LogP contribution in [0.5, 0.6) is 0 Å². The zero-order chi connectivity index (χ0) is 19.8. The summed E-state index contributed by atoms with van der Waals surface area (Å²) in [6, 6.07) is 12.4. The third kappa shape index (κ3) is 3.24. The Labute approximate surface area is 160 Å². The number of aryl methyl sites for hydroxylation is 2. The van der Waals surface area contributed by atoms with Gasteiger partial charge >= 0.3 is 0 Å². The van der Waals surface area contributed by atoms with Crippen molar-refractivity contribution in [2.75, 3.05) is 5.32 Å². The van der Waals surface area contributed by atoms with E-state index < -0.39 is 17.5 Å². The number of carbonyl (C=O) groups is 1. The monoisotopic (exact) mass is 377 g/mol. The minimum atomic E-state index is -0.901. The third-order valence-corrected chi connectivity index (χ3v) is 4.64. The molecular weight excluding hydrogens is 360 g/mol. The zero-order valence-corrected chi connectivity index (χ0v) is 15.3. The summed E-state index contributed by atoms with van der Waals surface area (Å²) in [6.07, 6.45) is 3.84. The number of fused-ring (bicyclic) bond motifs is 1. The summed E-state index contributed by atoms with van der Waals surface area (Å²) in [7, 11) is 0. The Morgan fingerprint density at radius 2 is 1.86 bits per heavy atom. The Bertz CT molecular complexity index is 1210. The summed E-state index contributed by atoms with van der Waals surface area (Å²) in [5.41, 5.74) is 4.65. The maximum atomic E-state index is 13.9. The van der Waals surface area contributed by atoms with Gasteiger partial charge in [0.1, 0.15) is 17.3 Å². The molecule has 2 aromatic heterocycles. The van der Waals surface area contributed by atoms with E-state index in [9.17, 15) is 13.6 Å². The van der Waals surface area contributed by atoms with Gasteiger partial charge in [-0.05, 0) is 49.2 Å². The Kier molecular flexibility index (Phi) is 4.39. The third-order valence-electron chi connectivity index (χ3n) is 4.64. The van der Waals surface area contributed by atoms with E-state index in [-0.39, 0.29) is 5.56 Å². The lowest BCUT2D eigenvalue weighted by atomic mass is 10.1. The fourth-order valence-corrected chi connectivity index (χ4v) is 3.07. The molecule has 140 valence electrons. The predicted molar refractivity (Wildman–Crippen MR) is 104 cm³/mol. The van der Waals surface area contributed by atoms with Crippen LogP contribution in [-0.4, -0.2) is 15.3 Å². The van der Waals surface area contributed by atoms with Gasteiger partial charge in [0.25, 0.3) is 5.91 Å². The van der Waals surface area contributed by atoms with Crippen molar-refractivity contribution in [1.82, 2.24) is 9.38 Å². The quantitative estimate of drug-likeness (QED) is 0.537. The van der Waals surface area contributed by atoms with Gasteiger partial charge in [0, 0.05) is 29.7 Å². The molecule has 6 heteroatoms. The summed E-state index contributed by atoms with van der Waals surface area (Å²) in [5.74, 6) is -2.26. The average molecular weight is 377 g/mol. The molecule has 0 bridgehead atoms. The van der Waals surface area contributed by atoms with E-state index in [1.54, 1.807) is 6.07 Å². The number of hydrogen-bond acceptors (Lipinski definition) is 2. The number of amides is 1. The van der Waals surface area contributed by atoms with Gasteiger partial charge in [-0.25, -0.2) is 13.8 Å². The number of rotatable bonds is 3. The molecule has 0 aliphatic rings. The highest BCUT2D eigenvalue weighted by molar-refractivity contribution is 6.05. The number of imidazole rings is 1. The first-order chi connectivity index (χ1) is 13.4. The predicted octanol–water partition coefficient (Wildman–Crippen LogP) is 5.15. The minimum Gasteiger partial charge on any atom is -0.322 e. The SMILES string of the molecule is Cc1ccc(-c2cn3cccc(C)c3n2)cc1NC(=O)c1ccc(F)cc1F. The van der Waals surface area contributed by atoms with Crippen LogP contribution in [0.2, 0.25) is 0 Å². The lowest BCUT2D eigenvalue weighted by Crippen LogP contribution is -2.14. The number of pyridine rings is 1. The van der Waals surface area contributed by atoms with Gasteiger partial charge in [-0.2, -0.15) is 0 Å².